The summed E-state index contributed by atoms with van der Waals surface area (Å²) in [6, 6.07) is 12.8. The van der Waals surface area contributed by atoms with Gasteiger partial charge in [-0.1, -0.05) is 0 Å². The van der Waals surface area contributed by atoms with Gasteiger partial charge < -0.3 is 52.6 Å². The van der Waals surface area contributed by atoms with Crippen LogP contribution in [0.15, 0.2) is 52.4 Å². The second-order valence-electron chi connectivity index (χ2n) is 14.8. The molecule has 4 aliphatic rings. The smallest absolute Gasteiger partial charge is 0.305 e. The Morgan fingerprint density at radius 1 is 0.677 bits per heavy atom. The van der Waals surface area contributed by atoms with Gasteiger partial charge >= 0.3 is 5.97 Å². The van der Waals surface area contributed by atoms with E-state index < -0.39 is 0 Å². The highest BCUT2D eigenvalue weighted by atomic mass is 32.2. The molecule has 2 atom stereocenters. The van der Waals surface area contributed by atoms with E-state index in [-0.39, 0.29) is 49.5 Å². The van der Waals surface area contributed by atoms with E-state index in [0.29, 0.717) is 110 Å². The average Bonchev–Trinajstić information content (AvgIpc) is 3.93. The number of rotatable bonds is 22. The van der Waals surface area contributed by atoms with E-state index >= 15 is 0 Å². The van der Waals surface area contributed by atoms with Crippen LogP contribution in [0.5, 0.6) is 23.0 Å². The summed E-state index contributed by atoms with van der Waals surface area (Å²) in [6.45, 7) is 3.59. The molecule has 7 rings (SSSR count). The SMILES string of the molecule is COCCOCCOCCN(CCCC(=O)OC)c1cc(COc2cc3c(cc2OC)C(=O)N2CSC[C@H]2C=N3)cc(COc2cc3c(cc2OC)C(=O)N2CSC[C@H]2C=N3)c1. The van der Waals surface area contributed by atoms with Crippen molar-refractivity contribution in [1.29, 1.82) is 0 Å². The predicted molar refractivity (Wildman–Crippen MR) is 239 cm³/mol. The number of thioether (sulfide) groups is 2. The molecule has 0 spiro atoms. The third-order valence-corrected chi connectivity index (χ3v) is 12.8. The highest BCUT2D eigenvalue weighted by Crippen LogP contribution is 2.41. The molecule has 62 heavy (non-hydrogen) atoms. The summed E-state index contributed by atoms with van der Waals surface area (Å²) in [4.78, 5) is 54.3. The Balaban J connectivity index is 1.15. The van der Waals surface area contributed by atoms with Gasteiger partial charge in [0.25, 0.3) is 11.8 Å². The molecule has 2 amide bonds. The summed E-state index contributed by atoms with van der Waals surface area (Å²) >= 11 is 3.40. The van der Waals surface area contributed by atoms with Crippen molar-refractivity contribution in [3.05, 3.63) is 64.7 Å². The number of nitrogens with zero attached hydrogens (tertiary/aromatic N) is 5. The van der Waals surface area contributed by atoms with E-state index in [2.05, 4.69) is 14.9 Å². The molecule has 0 saturated carbocycles. The summed E-state index contributed by atoms with van der Waals surface area (Å²) in [5.41, 5.74) is 4.48. The fourth-order valence-electron chi connectivity index (χ4n) is 7.36. The minimum absolute atomic E-state index is 0.0632. The Kier molecular flexibility index (Phi) is 15.9. The van der Waals surface area contributed by atoms with Crippen molar-refractivity contribution in [2.75, 3.05) is 103 Å². The molecule has 4 heterocycles. The fourth-order valence-corrected chi connectivity index (χ4v) is 9.60. The number of ether oxygens (including phenoxy) is 8. The van der Waals surface area contributed by atoms with Gasteiger partial charge in [-0.05, 0) is 47.9 Å². The van der Waals surface area contributed by atoms with Crippen LogP contribution in [0.2, 0.25) is 0 Å². The highest BCUT2D eigenvalue weighted by molar-refractivity contribution is 7.99. The molecule has 2 fully saturated rings. The number of methoxy groups -OCH3 is 4. The second kappa shape index (κ2) is 21.9. The molecule has 0 N–H and O–H groups in total. The maximum absolute atomic E-state index is 13.5. The van der Waals surface area contributed by atoms with Crippen LogP contribution in [0.1, 0.15) is 44.7 Å². The molecule has 0 bridgehead atoms. The minimum Gasteiger partial charge on any atom is -0.493 e. The van der Waals surface area contributed by atoms with Gasteiger partial charge in [0.1, 0.15) is 13.2 Å². The van der Waals surface area contributed by atoms with Crippen molar-refractivity contribution >= 4 is 70.8 Å². The Hall–Kier alpha value is -5.01. The number of benzene rings is 3. The van der Waals surface area contributed by atoms with E-state index in [1.54, 1.807) is 69.1 Å². The zero-order chi connectivity index (χ0) is 43.4. The van der Waals surface area contributed by atoms with Crippen molar-refractivity contribution in [3.63, 3.8) is 0 Å². The number of carbonyl (C=O) groups excluding carboxylic acids is 3. The normalized spacial score (nSPS) is 17.5. The Bertz CT molecular complexity index is 2020. The first-order chi connectivity index (χ1) is 30.3. The van der Waals surface area contributed by atoms with Gasteiger partial charge in [-0.3, -0.25) is 24.4 Å². The van der Waals surface area contributed by atoms with Gasteiger partial charge in [0, 0.05) is 68.4 Å². The van der Waals surface area contributed by atoms with E-state index in [9.17, 15) is 14.4 Å². The van der Waals surface area contributed by atoms with Gasteiger partial charge in [0.2, 0.25) is 0 Å². The fraction of sp³-hybridized carbons (Fsp3) is 0.477. The van der Waals surface area contributed by atoms with Crippen molar-refractivity contribution in [3.8, 4) is 23.0 Å². The molecule has 16 nitrogen and oxygen atoms in total. The number of carbonyl (C=O) groups is 3. The van der Waals surface area contributed by atoms with E-state index in [1.807, 2.05) is 40.4 Å². The third kappa shape index (κ3) is 10.9. The van der Waals surface area contributed by atoms with Crippen LogP contribution in [0.25, 0.3) is 0 Å². The third-order valence-electron chi connectivity index (χ3n) is 10.7. The van der Waals surface area contributed by atoms with Gasteiger partial charge in [-0.2, -0.15) is 0 Å². The van der Waals surface area contributed by atoms with Gasteiger partial charge in [-0.25, -0.2) is 0 Å². The van der Waals surface area contributed by atoms with Crippen LogP contribution in [-0.2, 0) is 37.0 Å². The summed E-state index contributed by atoms with van der Waals surface area (Å²) < 4.78 is 45.9. The second-order valence-corrected chi connectivity index (χ2v) is 16.8. The number of anilines is 1. The zero-order valence-electron chi connectivity index (χ0n) is 35.5. The summed E-state index contributed by atoms with van der Waals surface area (Å²) in [6.07, 6.45) is 4.45. The summed E-state index contributed by atoms with van der Waals surface area (Å²) in [5.74, 6) is 4.07. The van der Waals surface area contributed by atoms with Crippen LogP contribution in [0.4, 0.5) is 17.1 Å². The van der Waals surface area contributed by atoms with Gasteiger partial charge in [0.15, 0.2) is 23.0 Å². The zero-order valence-corrected chi connectivity index (χ0v) is 37.1. The summed E-state index contributed by atoms with van der Waals surface area (Å²) in [7, 11) is 6.11. The van der Waals surface area contributed by atoms with Gasteiger partial charge in [0.05, 0.1) is 101 Å². The van der Waals surface area contributed by atoms with E-state index in [4.69, 9.17) is 37.9 Å². The molecule has 0 unspecified atom stereocenters. The first kappa shape index (κ1) is 45.0. The lowest BCUT2D eigenvalue weighted by molar-refractivity contribution is -0.140. The van der Waals surface area contributed by atoms with Crippen LogP contribution < -0.4 is 23.8 Å². The lowest BCUT2D eigenvalue weighted by Gasteiger charge is -2.26. The predicted octanol–water partition coefficient (Wildman–Crippen LogP) is 5.76. The van der Waals surface area contributed by atoms with Crippen molar-refractivity contribution in [2.24, 2.45) is 9.98 Å². The number of esters is 1. The number of amides is 2. The van der Waals surface area contributed by atoms with Crippen molar-refractivity contribution < 1.29 is 52.3 Å². The molecular weight excluding hydrogens is 839 g/mol. The molecule has 4 aliphatic heterocycles. The molecule has 3 aromatic carbocycles. The first-order valence-electron chi connectivity index (χ1n) is 20.4. The molecule has 2 saturated heterocycles. The monoisotopic (exact) mass is 891 g/mol. The molecule has 332 valence electrons. The highest BCUT2D eigenvalue weighted by Gasteiger charge is 2.34. The Morgan fingerprint density at radius 3 is 1.73 bits per heavy atom. The van der Waals surface area contributed by atoms with Crippen LogP contribution in [0.3, 0.4) is 0 Å². The van der Waals surface area contributed by atoms with Crippen LogP contribution >= 0.6 is 23.5 Å². The van der Waals surface area contributed by atoms with Gasteiger partial charge in [-0.15, -0.1) is 23.5 Å². The minimum atomic E-state index is -0.286. The van der Waals surface area contributed by atoms with E-state index in [0.717, 1.165) is 28.3 Å². The quantitative estimate of drug-likeness (QED) is 0.0885. The maximum atomic E-state index is 13.5. The molecular formula is C44H53N5O11S2. The average molecular weight is 892 g/mol. The standard InChI is InChI=1S/C44H53N5O11S2/c1-53-10-11-58-13-12-57-9-8-47(7-5-6-42(50)56-4)31-15-29(23-59-40-19-36-34(17-38(40)54-2)43(51)48-27-61-25-32(48)21-45-36)14-30(16-31)24-60-41-20-37-35(18-39(41)55-3)44(52)49-28-62-26-33(49)22-46-37/h14-22,32-33H,5-13,23-28H2,1-4H3/t32-,33-/m1/s1. The van der Waals surface area contributed by atoms with E-state index in [1.165, 1.54) is 7.11 Å². The maximum Gasteiger partial charge on any atom is 0.305 e. The Labute approximate surface area is 370 Å². The lowest BCUT2D eigenvalue weighted by Crippen LogP contribution is -2.36. The number of aliphatic imine (C=N–C) groups is 2. The largest absolute Gasteiger partial charge is 0.493 e. The van der Waals surface area contributed by atoms with Crippen molar-refractivity contribution in [1.82, 2.24) is 9.80 Å². The van der Waals surface area contributed by atoms with Crippen LogP contribution in [0, 0.1) is 0 Å². The molecule has 3 aromatic rings. The molecule has 0 aliphatic carbocycles. The number of hydrogen-bond acceptors (Lipinski definition) is 16. The first-order valence-corrected chi connectivity index (χ1v) is 22.8. The van der Waals surface area contributed by atoms with Crippen LogP contribution in [-0.4, -0.2) is 150 Å². The summed E-state index contributed by atoms with van der Waals surface area (Å²) in [5, 5.41) is 0. The topological polar surface area (TPSA) is 159 Å². The molecule has 0 radical (unpaired) electrons. The lowest BCUT2D eigenvalue weighted by atomic mass is 10.1. The Morgan fingerprint density at radius 2 is 1.21 bits per heavy atom. The van der Waals surface area contributed by atoms with Crippen molar-refractivity contribution in [2.45, 2.75) is 38.1 Å². The molecule has 0 aromatic heterocycles. The number of hydrogen-bond donors (Lipinski definition) is 0. The molecule has 18 heteroatoms. The number of fused-ring (bicyclic) bond motifs is 4.